The van der Waals surface area contributed by atoms with E-state index in [1.807, 2.05) is 0 Å². The van der Waals surface area contributed by atoms with Crippen molar-refractivity contribution in [1.29, 1.82) is 0 Å². The molecule has 1 aromatic carbocycles. The summed E-state index contributed by atoms with van der Waals surface area (Å²) in [5.74, 6) is -0.126. The van der Waals surface area contributed by atoms with Crippen LogP contribution < -0.4 is 11.1 Å². The van der Waals surface area contributed by atoms with Gasteiger partial charge in [-0.05, 0) is 44.2 Å². The fourth-order valence-corrected chi connectivity index (χ4v) is 2.37. The molecule has 4 heteroatoms. The van der Waals surface area contributed by atoms with Crippen molar-refractivity contribution in [2.75, 3.05) is 0 Å². The molecule has 1 aromatic rings. The summed E-state index contributed by atoms with van der Waals surface area (Å²) in [6.45, 7) is 1.78. The zero-order chi connectivity index (χ0) is 13.1. The Labute approximate surface area is 107 Å². The van der Waals surface area contributed by atoms with Gasteiger partial charge in [0, 0.05) is 12.1 Å². The van der Waals surface area contributed by atoms with Crippen LogP contribution in [0.5, 0.6) is 5.75 Å². The van der Waals surface area contributed by atoms with Crippen LogP contribution in [-0.2, 0) is 0 Å². The molecule has 2 rings (SSSR count). The number of para-hydroxylation sites is 1. The van der Waals surface area contributed by atoms with Crippen LogP contribution in [0, 0.1) is 6.92 Å². The standard InChI is InChI=1S/C14H20N2O2/c1-9-3-2-4-12(13(9)17)14(18)16-11-7-5-10(15)6-8-11/h2-4,10-11,17H,5-8,15H2,1H3,(H,16,18). The predicted octanol–water partition coefficient (Wildman–Crippen LogP) is 1.70. The highest BCUT2D eigenvalue weighted by Crippen LogP contribution is 2.22. The molecule has 0 atom stereocenters. The quantitative estimate of drug-likeness (QED) is 0.745. The second-order valence-corrected chi connectivity index (χ2v) is 5.06. The Balaban J connectivity index is 2.01. The molecule has 0 aromatic heterocycles. The van der Waals surface area contributed by atoms with Gasteiger partial charge in [0.15, 0.2) is 0 Å². The van der Waals surface area contributed by atoms with Crippen LogP contribution in [0.3, 0.4) is 0 Å². The van der Waals surface area contributed by atoms with Crippen molar-refractivity contribution >= 4 is 5.91 Å². The Morgan fingerprint density at radius 1 is 1.33 bits per heavy atom. The van der Waals surface area contributed by atoms with Crippen LogP contribution in [0.2, 0.25) is 0 Å². The first-order valence-corrected chi connectivity index (χ1v) is 6.43. The third-order valence-corrected chi connectivity index (χ3v) is 3.59. The van der Waals surface area contributed by atoms with Crippen LogP contribution >= 0.6 is 0 Å². The molecule has 4 nitrogen and oxygen atoms in total. The lowest BCUT2D eigenvalue weighted by Crippen LogP contribution is -2.40. The molecule has 4 N–H and O–H groups in total. The fourth-order valence-electron chi connectivity index (χ4n) is 2.37. The van der Waals surface area contributed by atoms with Gasteiger partial charge in [-0.2, -0.15) is 0 Å². The Hall–Kier alpha value is -1.55. The van der Waals surface area contributed by atoms with Crippen LogP contribution in [0.25, 0.3) is 0 Å². The highest BCUT2D eigenvalue weighted by atomic mass is 16.3. The van der Waals surface area contributed by atoms with Gasteiger partial charge in [-0.1, -0.05) is 12.1 Å². The number of phenolic OH excluding ortho intramolecular Hbond substituents is 1. The summed E-state index contributed by atoms with van der Waals surface area (Å²) in [4.78, 5) is 12.1. The van der Waals surface area contributed by atoms with E-state index >= 15 is 0 Å². The van der Waals surface area contributed by atoms with Crippen LogP contribution in [0.15, 0.2) is 18.2 Å². The minimum Gasteiger partial charge on any atom is -0.507 e. The Morgan fingerprint density at radius 2 is 2.00 bits per heavy atom. The van der Waals surface area contributed by atoms with Crippen molar-refractivity contribution in [1.82, 2.24) is 5.32 Å². The number of carbonyl (C=O) groups excluding carboxylic acids is 1. The molecule has 0 heterocycles. The molecule has 0 unspecified atom stereocenters. The number of hydrogen-bond donors (Lipinski definition) is 3. The maximum absolute atomic E-state index is 12.1. The highest BCUT2D eigenvalue weighted by Gasteiger charge is 2.21. The molecule has 0 spiro atoms. The Bertz CT molecular complexity index is 437. The SMILES string of the molecule is Cc1cccc(C(=O)NC2CCC(N)CC2)c1O. The number of aryl methyl sites for hydroxylation is 1. The lowest BCUT2D eigenvalue weighted by Gasteiger charge is -2.26. The summed E-state index contributed by atoms with van der Waals surface area (Å²) in [5, 5.41) is 12.8. The molecule has 0 radical (unpaired) electrons. The van der Waals surface area contributed by atoms with Gasteiger partial charge in [0.25, 0.3) is 5.91 Å². The largest absolute Gasteiger partial charge is 0.507 e. The minimum atomic E-state index is -0.198. The number of carbonyl (C=O) groups is 1. The van der Waals surface area contributed by atoms with Crippen molar-refractivity contribution in [3.63, 3.8) is 0 Å². The molecule has 1 amide bonds. The summed E-state index contributed by atoms with van der Waals surface area (Å²) in [7, 11) is 0. The maximum atomic E-state index is 12.1. The number of phenols is 1. The number of amides is 1. The van der Waals surface area contributed by atoms with E-state index < -0.39 is 0 Å². The zero-order valence-electron chi connectivity index (χ0n) is 10.6. The molecule has 98 valence electrons. The number of aromatic hydroxyl groups is 1. The second-order valence-electron chi connectivity index (χ2n) is 5.06. The lowest BCUT2D eigenvalue weighted by atomic mass is 9.91. The summed E-state index contributed by atoms with van der Waals surface area (Å²) in [6, 6.07) is 5.65. The minimum absolute atomic E-state index is 0.0718. The number of benzene rings is 1. The van der Waals surface area contributed by atoms with E-state index in [2.05, 4.69) is 5.32 Å². The first-order valence-electron chi connectivity index (χ1n) is 6.43. The van der Waals surface area contributed by atoms with Gasteiger partial charge in [0.1, 0.15) is 5.75 Å². The van der Waals surface area contributed by atoms with Gasteiger partial charge < -0.3 is 16.2 Å². The van der Waals surface area contributed by atoms with E-state index in [0.717, 1.165) is 25.7 Å². The van der Waals surface area contributed by atoms with E-state index in [0.29, 0.717) is 11.1 Å². The fraction of sp³-hybridized carbons (Fsp3) is 0.500. The van der Waals surface area contributed by atoms with Gasteiger partial charge in [0.2, 0.25) is 0 Å². The van der Waals surface area contributed by atoms with Gasteiger partial charge in [0.05, 0.1) is 5.56 Å². The van der Waals surface area contributed by atoms with Gasteiger partial charge in [-0.25, -0.2) is 0 Å². The van der Waals surface area contributed by atoms with Gasteiger partial charge >= 0.3 is 0 Å². The van der Waals surface area contributed by atoms with Crippen molar-refractivity contribution in [2.45, 2.75) is 44.7 Å². The first kappa shape index (κ1) is 12.9. The molecule has 0 saturated heterocycles. The molecular formula is C14H20N2O2. The van der Waals surface area contributed by atoms with E-state index in [4.69, 9.17) is 5.73 Å². The van der Waals surface area contributed by atoms with E-state index in [1.54, 1.807) is 25.1 Å². The number of rotatable bonds is 2. The van der Waals surface area contributed by atoms with E-state index in [9.17, 15) is 9.90 Å². The molecule has 1 saturated carbocycles. The normalized spacial score (nSPS) is 23.7. The van der Waals surface area contributed by atoms with E-state index in [1.165, 1.54) is 0 Å². The molecular weight excluding hydrogens is 228 g/mol. The van der Waals surface area contributed by atoms with Crippen LogP contribution in [0.4, 0.5) is 0 Å². The third kappa shape index (κ3) is 2.82. The van der Waals surface area contributed by atoms with Crippen LogP contribution in [0.1, 0.15) is 41.6 Å². The van der Waals surface area contributed by atoms with Gasteiger partial charge in [-0.3, -0.25) is 4.79 Å². The zero-order valence-corrected chi connectivity index (χ0v) is 10.6. The van der Waals surface area contributed by atoms with Crippen molar-refractivity contribution < 1.29 is 9.90 Å². The van der Waals surface area contributed by atoms with Crippen molar-refractivity contribution in [2.24, 2.45) is 5.73 Å². The molecule has 1 fully saturated rings. The topological polar surface area (TPSA) is 75.4 Å². The summed E-state index contributed by atoms with van der Waals surface area (Å²) in [6.07, 6.45) is 3.73. The Morgan fingerprint density at radius 3 is 2.67 bits per heavy atom. The lowest BCUT2D eigenvalue weighted by molar-refractivity contribution is 0.0923. The molecule has 18 heavy (non-hydrogen) atoms. The Kier molecular flexibility index (Phi) is 3.87. The third-order valence-electron chi connectivity index (χ3n) is 3.59. The highest BCUT2D eigenvalue weighted by molar-refractivity contribution is 5.97. The average Bonchev–Trinajstić information content (AvgIpc) is 2.35. The smallest absolute Gasteiger partial charge is 0.255 e. The van der Waals surface area contributed by atoms with Crippen LogP contribution in [-0.4, -0.2) is 23.1 Å². The van der Waals surface area contributed by atoms with Crippen molar-refractivity contribution in [3.05, 3.63) is 29.3 Å². The molecule has 1 aliphatic carbocycles. The monoisotopic (exact) mass is 248 g/mol. The maximum Gasteiger partial charge on any atom is 0.255 e. The first-order chi connectivity index (χ1) is 8.58. The van der Waals surface area contributed by atoms with E-state index in [-0.39, 0.29) is 23.7 Å². The summed E-state index contributed by atoms with van der Waals surface area (Å²) in [5.41, 5.74) is 6.90. The number of nitrogens with one attached hydrogen (secondary N) is 1. The predicted molar refractivity (Wildman–Crippen MR) is 70.5 cm³/mol. The van der Waals surface area contributed by atoms with Gasteiger partial charge in [-0.15, -0.1) is 0 Å². The molecule has 0 bridgehead atoms. The van der Waals surface area contributed by atoms with Crippen molar-refractivity contribution in [3.8, 4) is 5.75 Å². The average molecular weight is 248 g/mol. The molecule has 1 aliphatic rings. The number of hydrogen-bond acceptors (Lipinski definition) is 3. The summed E-state index contributed by atoms with van der Waals surface area (Å²) >= 11 is 0. The number of nitrogens with two attached hydrogens (primary N) is 1. The second kappa shape index (κ2) is 5.40. The molecule has 0 aliphatic heterocycles. The summed E-state index contributed by atoms with van der Waals surface area (Å²) < 4.78 is 0.